The number of carbonyl (C=O) groups excluding carboxylic acids is 2. The van der Waals surface area contributed by atoms with Gasteiger partial charge in [0, 0.05) is 37.9 Å². The first-order valence-electron chi connectivity index (χ1n) is 8.55. The second kappa shape index (κ2) is 8.27. The van der Waals surface area contributed by atoms with Crippen molar-refractivity contribution in [3.8, 4) is 5.75 Å². The highest BCUT2D eigenvalue weighted by atomic mass is 35.5. The lowest BCUT2D eigenvalue weighted by Gasteiger charge is -2.31. The Bertz CT molecular complexity index is 768. The molecular formula is C19H21ClN2O4. The SMILES string of the molecule is CC(=O)N1CCC(Oc2ccc(Cl)cc2C(=O)NCc2ccco2)CC1. The zero-order chi connectivity index (χ0) is 18.5. The van der Waals surface area contributed by atoms with Gasteiger partial charge in [-0.1, -0.05) is 11.6 Å². The van der Waals surface area contributed by atoms with Gasteiger partial charge in [0.1, 0.15) is 17.6 Å². The Morgan fingerprint density at radius 3 is 2.73 bits per heavy atom. The summed E-state index contributed by atoms with van der Waals surface area (Å²) in [4.78, 5) is 25.8. The van der Waals surface area contributed by atoms with Gasteiger partial charge in [-0.05, 0) is 30.3 Å². The summed E-state index contributed by atoms with van der Waals surface area (Å²) in [6, 6.07) is 8.56. The first kappa shape index (κ1) is 18.3. The molecular weight excluding hydrogens is 356 g/mol. The van der Waals surface area contributed by atoms with Gasteiger partial charge < -0.3 is 19.4 Å². The minimum atomic E-state index is -0.278. The lowest BCUT2D eigenvalue weighted by atomic mass is 10.1. The smallest absolute Gasteiger partial charge is 0.255 e. The minimum absolute atomic E-state index is 0.0385. The van der Waals surface area contributed by atoms with Gasteiger partial charge in [0.2, 0.25) is 5.91 Å². The van der Waals surface area contributed by atoms with E-state index in [1.165, 1.54) is 0 Å². The number of likely N-dealkylation sites (tertiary alicyclic amines) is 1. The fourth-order valence-electron chi connectivity index (χ4n) is 2.93. The molecule has 2 heterocycles. The van der Waals surface area contributed by atoms with Crippen LogP contribution in [0.15, 0.2) is 41.0 Å². The third-order valence-electron chi connectivity index (χ3n) is 4.37. The largest absolute Gasteiger partial charge is 0.489 e. The molecule has 1 aromatic carbocycles. The standard InChI is InChI=1S/C19H21ClN2O4/c1-13(23)22-8-6-15(7-9-22)26-18-5-4-14(20)11-17(18)19(24)21-12-16-3-2-10-25-16/h2-5,10-11,15H,6-9,12H2,1H3,(H,21,24). The van der Waals surface area contributed by atoms with Gasteiger partial charge in [0.25, 0.3) is 5.91 Å². The maximum atomic E-state index is 12.6. The summed E-state index contributed by atoms with van der Waals surface area (Å²) in [5, 5.41) is 3.27. The molecule has 2 aromatic rings. The molecule has 0 saturated carbocycles. The molecule has 7 heteroatoms. The van der Waals surface area contributed by atoms with E-state index in [1.54, 1.807) is 48.4 Å². The zero-order valence-electron chi connectivity index (χ0n) is 14.5. The second-order valence-electron chi connectivity index (χ2n) is 6.23. The van der Waals surface area contributed by atoms with Crippen LogP contribution in [0.3, 0.4) is 0 Å². The summed E-state index contributed by atoms with van der Waals surface area (Å²) in [6.07, 6.45) is 2.98. The van der Waals surface area contributed by atoms with Crippen LogP contribution in [0.4, 0.5) is 0 Å². The summed E-state index contributed by atoms with van der Waals surface area (Å²) < 4.78 is 11.3. The third kappa shape index (κ3) is 4.58. The highest BCUT2D eigenvalue weighted by Gasteiger charge is 2.24. The highest BCUT2D eigenvalue weighted by molar-refractivity contribution is 6.31. The van der Waals surface area contributed by atoms with Gasteiger partial charge >= 0.3 is 0 Å². The molecule has 0 radical (unpaired) electrons. The number of amides is 2. The molecule has 1 aromatic heterocycles. The van der Waals surface area contributed by atoms with Crippen LogP contribution in [0.2, 0.25) is 5.02 Å². The van der Waals surface area contributed by atoms with Crippen molar-refractivity contribution in [3.05, 3.63) is 52.9 Å². The number of halogens is 1. The quantitative estimate of drug-likeness (QED) is 0.869. The fraction of sp³-hybridized carbons (Fsp3) is 0.368. The summed E-state index contributed by atoms with van der Waals surface area (Å²) in [7, 11) is 0. The van der Waals surface area contributed by atoms with Crippen LogP contribution in [0.1, 0.15) is 35.9 Å². The van der Waals surface area contributed by atoms with Crippen molar-refractivity contribution in [1.82, 2.24) is 10.2 Å². The van der Waals surface area contributed by atoms with Crippen LogP contribution in [-0.2, 0) is 11.3 Å². The lowest BCUT2D eigenvalue weighted by molar-refractivity contribution is -0.130. The molecule has 1 aliphatic heterocycles. The predicted molar refractivity (Wildman–Crippen MR) is 97.2 cm³/mol. The van der Waals surface area contributed by atoms with Gasteiger partial charge in [-0.25, -0.2) is 0 Å². The number of piperidine rings is 1. The van der Waals surface area contributed by atoms with Crippen molar-refractivity contribution in [2.24, 2.45) is 0 Å². The fourth-order valence-corrected chi connectivity index (χ4v) is 3.10. The molecule has 0 aliphatic carbocycles. The van der Waals surface area contributed by atoms with Crippen molar-refractivity contribution in [2.45, 2.75) is 32.4 Å². The highest BCUT2D eigenvalue weighted by Crippen LogP contribution is 2.26. The molecule has 0 spiro atoms. The van der Waals surface area contributed by atoms with Gasteiger partial charge in [-0.2, -0.15) is 0 Å². The lowest BCUT2D eigenvalue weighted by Crippen LogP contribution is -2.40. The molecule has 1 fully saturated rings. The van der Waals surface area contributed by atoms with E-state index in [0.717, 1.165) is 12.8 Å². The van der Waals surface area contributed by atoms with E-state index in [9.17, 15) is 9.59 Å². The molecule has 1 aliphatic rings. The number of benzene rings is 1. The molecule has 138 valence electrons. The van der Waals surface area contributed by atoms with E-state index in [2.05, 4.69) is 5.32 Å². The van der Waals surface area contributed by atoms with Gasteiger partial charge in [-0.15, -0.1) is 0 Å². The number of hydrogen-bond acceptors (Lipinski definition) is 4. The number of nitrogens with one attached hydrogen (secondary N) is 1. The number of hydrogen-bond donors (Lipinski definition) is 1. The maximum absolute atomic E-state index is 12.6. The van der Waals surface area contributed by atoms with Crippen LogP contribution in [0, 0.1) is 0 Å². The predicted octanol–water partition coefficient (Wildman–Crippen LogP) is 3.25. The van der Waals surface area contributed by atoms with E-state index >= 15 is 0 Å². The van der Waals surface area contributed by atoms with Gasteiger partial charge in [0.05, 0.1) is 18.4 Å². The molecule has 3 rings (SSSR count). The van der Waals surface area contributed by atoms with Crippen LogP contribution in [-0.4, -0.2) is 35.9 Å². The molecule has 1 N–H and O–H groups in total. The minimum Gasteiger partial charge on any atom is -0.489 e. The van der Waals surface area contributed by atoms with Crippen LogP contribution >= 0.6 is 11.6 Å². The molecule has 0 atom stereocenters. The first-order valence-corrected chi connectivity index (χ1v) is 8.93. The van der Waals surface area contributed by atoms with E-state index < -0.39 is 0 Å². The van der Waals surface area contributed by atoms with Crippen LogP contribution in [0.5, 0.6) is 5.75 Å². The average molecular weight is 377 g/mol. The Balaban J connectivity index is 1.66. The van der Waals surface area contributed by atoms with E-state index in [0.29, 0.717) is 35.2 Å². The Hall–Kier alpha value is -2.47. The normalized spacial score (nSPS) is 14.9. The number of furan rings is 1. The Kier molecular flexibility index (Phi) is 5.83. The van der Waals surface area contributed by atoms with Crippen molar-refractivity contribution >= 4 is 23.4 Å². The van der Waals surface area contributed by atoms with Crippen LogP contribution in [0.25, 0.3) is 0 Å². The summed E-state index contributed by atoms with van der Waals surface area (Å²) in [5.74, 6) is 0.958. The Morgan fingerprint density at radius 1 is 1.31 bits per heavy atom. The third-order valence-corrected chi connectivity index (χ3v) is 4.61. The molecule has 0 bridgehead atoms. The van der Waals surface area contributed by atoms with Crippen molar-refractivity contribution in [1.29, 1.82) is 0 Å². The number of nitrogens with zero attached hydrogens (tertiary/aromatic N) is 1. The first-order chi connectivity index (χ1) is 12.5. The molecule has 1 saturated heterocycles. The number of carbonyl (C=O) groups is 2. The summed E-state index contributed by atoms with van der Waals surface area (Å²) >= 11 is 6.06. The average Bonchev–Trinajstić information content (AvgIpc) is 3.15. The van der Waals surface area contributed by atoms with Crippen molar-refractivity contribution in [2.75, 3.05) is 13.1 Å². The Morgan fingerprint density at radius 2 is 2.08 bits per heavy atom. The van der Waals surface area contributed by atoms with E-state index in [4.69, 9.17) is 20.8 Å². The van der Waals surface area contributed by atoms with E-state index in [-0.39, 0.29) is 24.5 Å². The Labute approximate surface area is 157 Å². The van der Waals surface area contributed by atoms with Gasteiger partial charge in [-0.3, -0.25) is 9.59 Å². The summed E-state index contributed by atoms with van der Waals surface area (Å²) in [5.41, 5.74) is 0.387. The molecule has 26 heavy (non-hydrogen) atoms. The second-order valence-corrected chi connectivity index (χ2v) is 6.66. The van der Waals surface area contributed by atoms with E-state index in [1.807, 2.05) is 0 Å². The summed E-state index contributed by atoms with van der Waals surface area (Å²) in [6.45, 7) is 3.18. The van der Waals surface area contributed by atoms with Crippen molar-refractivity contribution < 1.29 is 18.7 Å². The maximum Gasteiger partial charge on any atom is 0.255 e. The number of rotatable bonds is 5. The van der Waals surface area contributed by atoms with Gasteiger partial charge in [0.15, 0.2) is 0 Å². The molecule has 0 unspecified atom stereocenters. The number of ether oxygens (including phenoxy) is 1. The monoisotopic (exact) mass is 376 g/mol. The van der Waals surface area contributed by atoms with Crippen LogP contribution < -0.4 is 10.1 Å². The zero-order valence-corrected chi connectivity index (χ0v) is 15.3. The molecule has 2 amide bonds. The topological polar surface area (TPSA) is 71.8 Å². The van der Waals surface area contributed by atoms with Crippen molar-refractivity contribution in [3.63, 3.8) is 0 Å². The molecule has 6 nitrogen and oxygen atoms in total.